The summed E-state index contributed by atoms with van der Waals surface area (Å²) >= 11 is 0. The number of ketones is 1. The summed E-state index contributed by atoms with van der Waals surface area (Å²) in [5, 5.41) is 8.81. The quantitative estimate of drug-likeness (QED) is 0.299. The van der Waals surface area contributed by atoms with Crippen LogP contribution in [0.25, 0.3) is 0 Å². The summed E-state index contributed by atoms with van der Waals surface area (Å²) in [5.41, 5.74) is -0.800. The molecule has 4 nitrogen and oxygen atoms in total. The Balaban J connectivity index is 2.99. The van der Waals surface area contributed by atoms with Crippen LogP contribution in [-0.4, -0.2) is 24.0 Å². The number of methoxy groups -OCH3 is 1. The zero-order chi connectivity index (χ0) is 10.8. The molecule has 78 valence electrons. The Labute approximate surface area is 82.6 Å². The minimum atomic E-state index is -1.11. The third kappa shape index (κ3) is 1.52. The fourth-order valence-corrected chi connectivity index (χ4v) is 1.76. The molecular weight excluding hydrogens is 184 g/mol. The fraction of sp³-hybridized carbons (Fsp3) is 0.600. The van der Waals surface area contributed by atoms with Crippen LogP contribution in [0.3, 0.4) is 0 Å². The molecule has 0 heterocycles. The van der Waals surface area contributed by atoms with Gasteiger partial charge in [0.25, 0.3) is 0 Å². The van der Waals surface area contributed by atoms with Crippen LogP contribution in [0.1, 0.15) is 26.2 Å². The summed E-state index contributed by atoms with van der Waals surface area (Å²) in [7, 11) is 1.26. The van der Waals surface area contributed by atoms with E-state index in [0.29, 0.717) is 24.8 Å². The molecule has 0 spiro atoms. The molecule has 1 unspecified atom stereocenters. The van der Waals surface area contributed by atoms with E-state index in [1.54, 1.807) is 6.92 Å². The van der Waals surface area contributed by atoms with Crippen molar-refractivity contribution in [3.63, 3.8) is 0 Å². The van der Waals surface area contributed by atoms with Crippen LogP contribution >= 0.6 is 0 Å². The second kappa shape index (κ2) is 3.82. The molecule has 1 fully saturated rings. The van der Waals surface area contributed by atoms with Gasteiger partial charge in [0.1, 0.15) is 5.41 Å². The average Bonchev–Trinajstić information content (AvgIpc) is 2.21. The van der Waals surface area contributed by atoms with E-state index in [-0.39, 0.29) is 5.78 Å². The van der Waals surface area contributed by atoms with Crippen molar-refractivity contribution in [3.05, 3.63) is 11.8 Å². The summed E-state index contributed by atoms with van der Waals surface area (Å²) in [6.45, 7) is 1.56. The topological polar surface area (TPSA) is 63.6 Å². The minimum absolute atomic E-state index is 0.309. The second-order valence-electron chi connectivity index (χ2n) is 3.66. The van der Waals surface area contributed by atoms with E-state index < -0.39 is 11.4 Å². The number of ether oxygens (including phenoxy) is 1. The van der Waals surface area contributed by atoms with Gasteiger partial charge in [0.2, 0.25) is 0 Å². The van der Waals surface area contributed by atoms with E-state index >= 15 is 0 Å². The summed E-state index contributed by atoms with van der Waals surface area (Å²) < 4.78 is 4.59. The van der Waals surface area contributed by atoms with Crippen LogP contribution in [0, 0.1) is 5.41 Å². The van der Waals surface area contributed by atoms with Gasteiger partial charge in [-0.05, 0) is 26.2 Å². The van der Waals surface area contributed by atoms with Gasteiger partial charge >= 0.3 is 5.97 Å². The van der Waals surface area contributed by atoms with Crippen molar-refractivity contribution in [1.82, 2.24) is 0 Å². The molecule has 1 saturated carbocycles. The maximum absolute atomic E-state index is 11.7. The molecule has 14 heavy (non-hydrogen) atoms. The number of esters is 1. The molecular formula is C10H14O4. The van der Waals surface area contributed by atoms with E-state index in [9.17, 15) is 9.59 Å². The van der Waals surface area contributed by atoms with E-state index in [1.807, 2.05) is 0 Å². The smallest absolute Gasteiger partial charge is 0.319 e. The van der Waals surface area contributed by atoms with Crippen molar-refractivity contribution in [1.29, 1.82) is 0 Å². The van der Waals surface area contributed by atoms with E-state index in [1.165, 1.54) is 7.11 Å². The summed E-state index contributed by atoms with van der Waals surface area (Å²) in [6, 6.07) is 0. The SMILES string of the molecule is COC(=O)C1(C)CCC/C(=C\O)C1=O. The standard InChI is InChI=1S/C10H14O4/c1-10(9(13)14-2)5-3-4-7(6-11)8(10)12/h6,11H,3-5H2,1-2H3/b7-6+. The first kappa shape index (κ1) is 10.8. The normalized spacial score (nSPS) is 30.4. The Bertz CT molecular complexity index is 292. The molecule has 4 heteroatoms. The number of carbonyl (C=O) groups is 2. The third-order valence-corrected chi connectivity index (χ3v) is 2.71. The van der Waals surface area contributed by atoms with Gasteiger partial charge in [0, 0.05) is 5.57 Å². The molecule has 1 aliphatic carbocycles. The van der Waals surface area contributed by atoms with E-state index in [2.05, 4.69) is 4.74 Å². The predicted octanol–water partition coefficient (Wildman–Crippen LogP) is 1.36. The summed E-state index contributed by atoms with van der Waals surface area (Å²) in [5.74, 6) is -0.848. The van der Waals surface area contributed by atoms with Crippen molar-refractivity contribution in [3.8, 4) is 0 Å². The predicted molar refractivity (Wildman–Crippen MR) is 49.7 cm³/mol. The van der Waals surface area contributed by atoms with Gasteiger partial charge in [-0.1, -0.05) is 0 Å². The lowest BCUT2D eigenvalue weighted by atomic mass is 9.72. The van der Waals surface area contributed by atoms with Gasteiger partial charge in [-0.25, -0.2) is 0 Å². The number of rotatable bonds is 1. The summed E-state index contributed by atoms with van der Waals surface area (Å²) in [6.07, 6.45) is 2.52. The first-order valence-corrected chi connectivity index (χ1v) is 4.52. The van der Waals surface area contributed by atoms with Crippen LogP contribution in [0.2, 0.25) is 0 Å². The van der Waals surface area contributed by atoms with Crippen LogP contribution < -0.4 is 0 Å². The number of hydrogen-bond donors (Lipinski definition) is 1. The molecule has 0 aliphatic heterocycles. The number of aliphatic hydroxyl groups excluding tert-OH is 1. The number of carbonyl (C=O) groups excluding carboxylic acids is 2. The molecule has 0 aromatic carbocycles. The Morgan fingerprint density at radius 3 is 2.79 bits per heavy atom. The second-order valence-corrected chi connectivity index (χ2v) is 3.66. The Morgan fingerprint density at radius 2 is 2.29 bits per heavy atom. The van der Waals surface area contributed by atoms with Crippen molar-refractivity contribution in [2.24, 2.45) is 5.41 Å². The zero-order valence-electron chi connectivity index (χ0n) is 8.37. The molecule has 0 aromatic rings. The molecule has 0 radical (unpaired) electrons. The number of hydrogen-bond acceptors (Lipinski definition) is 4. The van der Waals surface area contributed by atoms with Crippen LogP contribution in [0.5, 0.6) is 0 Å². The summed E-state index contributed by atoms with van der Waals surface area (Å²) in [4.78, 5) is 23.2. The van der Waals surface area contributed by atoms with Crippen molar-refractivity contribution < 1.29 is 19.4 Å². The average molecular weight is 198 g/mol. The molecule has 1 aliphatic rings. The molecule has 0 bridgehead atoms. The van der Waals surface area contributed by atoms with Gasteiger partial charge < -0.3 is 9.84 Å². The van der Waals surface area contributed by atoms with Gasteiger partial charge in [-0.15, -0.1) is 0 Å². The highest BCUT2D eigenvalue weighted by Gasteiger charge is 2.45. The van der Waals surface area contributed by atoms with Gasteiger partial charge in [-0.3, -0.25) is 9.59 Å². The Kier molecular flexibility index (Phi) is 2.93. The Hall–Kier alpha value is -1.32. The van der Waals surface area contributed by atoms with Gasteiger partial charge in [0.05, 0.1) is 13.4 Å². The molecule has 0 saturated heterocycles. The first-order chi connectivity index (χ1) is 6.56. The largest absolute Gasteiger partial charge is 0.515 e. The van der Waals surface area contributed by atoms with Crippen molar-refractivity contribution >= 4 is 11.8 Å². The van der Waals surface area contributed by atoms with Crippen LogP contribution in [-0.2, 0) is 14.3 Å². The molecule has 0 amide bonds. The van der Waals surface area contributed by atoms with E-state index in [4.69, 9.17) is 5.11 Å². The minimum Gasteiger partial charge on any atom is -0.515 e. The van der Waals surface area contributed by atoms with Gasteiger partial charge in [-0.2, -0.15) is 0 Å². The lowest BCUT2D eigenvalue weighted by molar-refractivity contribution is -0.157. The highest BCUT2D eigenvalue weighted by molar-refractivity contribution is 6.12. The first-order valence-electron chi connectivity index (χ1n) is 4.52. The fourth-order valence-electron chi connectivity index (χ4n) is 1.76. The van der Waals surface area contributed by atoms with Gasteiger partial charge in [0.15, 0.2) is 5.78 Å². The zero-order valence-corrected chi connectivity index (χ0v) is 8.37. The lowest BCUT2D eigenvalue weighted by Gasteiger charge is -2.29. The molecule has 0 aromatic heterocycles. The van der Waals surface area contributed by atoms with E-state index in [0.717, 1.165) is 6.26 Å². The highest BCUT2D eigenvalue weighted by Crippen LogP contribution is 2.36. The molecule has 1 atom stereocenters. The van der Waals surface area contributed by atoms with Crippen LogP contribution in [0.4, 0.5) is 0 Å². The molecule has 1 N–H and O–H groups in total. The van der Waals surface area contributed by atoms with Crippen molar-refractivity contribution in [2.45, 2.75) is 26.2 Å². The third-order valence-electron chi connectivity index (χ3n) is 2.71. The Morgan fingerprint density at radius 1 is 1.64 bits per heavy atom. The highest BCUT2D eigenvalue weighted by atomic mass is 16.5. The number of aliphatic hydroxyl groups is 1. The molecule has 1 rings (SSSR count). The maximum Gasteiger partial charge on any atom is 0.319 e. The lowest BCUT2D eigenvalue weighted by Crippen LogP contribution is -2.40. The van der Waals surface area contributed by atoms with Crippen LogP contribution in [0.15, 0.2) is 11.8 Å². The number of allylic oxidation sites excluding steroid dienone is 1. The maximum atomic E-state index is 11.7. The monoisotopic (exact) mass is 198 g/mol. The number of Topliss-reactive ketones (excluding diaryl/α,β-unsaturated/α-hetero) is 1. The van der Waals surface area contributed by atoms with Crippen molar-refractivity contribution in [2.75, 3.05) is 7.11 Å².